The Kier molecular flexibility index (Phi) is 3.38. The normalized spacial score (nSPS) is 18.8. The van der Waals surface area contributed by atoms with Crippen LogP contribution in [0.25, 0.3) is 0 Å². The van der Waals surface area contributed by atoms with Crippen LogP contribution < -0.4 is 0 Å². The molecule has 0 unspecified atom stereocenters. The molecule has 0 bridgehead atoms. The zero-order valence-corrected chi connectivity index (χ0v) is 11.8. The maximum absolute atomic E-state index is 12.5. The average molecular weight is 271 g/mol. The van der Waals surface area contributed by atoms with Crippen LogP contribution in [0.3, 0.4) is 0 Å². The van der Waals surface area contributed by atoms with Crippen LogP contribution >= 0.6 is 11.3 Å². The maximum atomic E-state index is 12.5. The first kappa shape index (κ1) is 12.4. The lowest BCUT2D eigenvalue weighted by molar-refractivity contribution is 0.0740. The second kappa shape index (κ2) is 5.17. The van der Waals surface area contributed by atoms with Crippen LogP contribution in [0, 0.1) is 6.92 Å². The van der Waals surface area contributed by atoms with Gasteiger partial charge in [-0.2, -0.15) is 0 Å². The maximum Gasteiger partial charge on any atom is 0.264 e. The smallest absolute Gasteiger partial charge is 0.264 e. The fraction of sp³-hybridized carbons (Fsp3) is 0.312. The third-order valence-corrected chi connectivity index (χ3v) is 4.65. The molecule has 1 aliphatic rings. The highest BCUT2D eigenvalue weighted by Crippen LogP contribution is 2.35. The first-order valence-corrected chi connectivity index (χ1v) is 7.55. The lowest BCUT2D eigenvalue weighted by Gasteiger charge is -2.25. The number of amides is 1. The van der Waals surface area contributed by atoms with Crippen molar-refractivity contribution in [1.29, 1.82) is 0 Å². The van der Waals surface area contributed by atoms with Crippen LogP contribution in [0.2, 0.25) is 0 Å². The molecule has 98 valence electrons. The van der Waals surface area contributed by atoms with E-state index < -0.39 is 0 Å². The predicted molar refractivity (Wildman–Crippen MR) is 78.5 cm³/mol. The molecule has 0 radical (unpaired) electrons. The Bertz CT molecular complexity index is 576. The molecule has 1 aromatic carbocycles. The highest BCUT2D eigenvalue weighted by atomic mass is 32.1. The molecule has 0 aliphatic carbocycles. The van der Waals surface area contributed by atoms with Gasteiger partial charge in [0.25, 0.3) is 5.91 Å². The fourth-order valence-electron chi connectivity index (χ4n) is 2.84. The molecule has 1 aromatic heterocycles. The summed E-state index contributed by atoms with van der Waals surface area (Å²) in [4.78, 5) is 15.4. The highest BCUT2D eigenvalue weighted by molar-refractivity contribution is 7.12. The van der Waals surface area contributed by atoms with Crippen LogP contribution in [0.5, 0.6) is 0 Å². The molecule has 1 fully saturated rings. The van der Waals surface area contributed by atoms with Gasteiger partial charge in [-0.25, -0.2) is 0 Å². The van der Waals surface area contributed by atoms with Crippen molar-refractivity contribution in [3.63, 3.8) is 0 Å². The van der Waals surface area contributed by atoms with Crippen molar-refractivity contribution in [2.45, 2.75) is 25.8 Å². The minimum Gasteiger partial charge on any atom is -0.331 e. The summed E-state index contributed by atoms with van der Waals surface area (Å²) >= 11 is 1.53. The van der Waals surface area contributed by atoms with Crippen molar-refractivity contribution in [1.82, 2.24) is 4.90 Å². The van der Waals surface area contributed by atoms with E-state index in [1.165, 1.54) is 22.5 Å². The Morgan fingerprint density at radius 2 is 2.11 bits per heavy atom. The molecule has 3 heteroatoms. The minimum atomic E-state index is 0.181. The topological polar surface area (TPSA) is 20.3 Å². The monoisotopic (exact) mass is 271 g/mol. The van der Waals surface area contributed by atoms with Gasteiger partial charge < -0.3 is 4.90 Å². The Hall–Kier alpha value is -1.61. The van der Waals surface area contributed by atoms with Crippen molar-refractivity contribution in [2.75, 3.05) is 6.54 Å². The number of carbonyl (C=O) groups excluding carboxylic acids is 1. The molecule has 0 N–H and O–H groups in total. The van der Waals surface area contributed by atoms with E-state index in [-0.39, 0.29) is 11.9 Å². The summed E-state index contributed by atoms with van der Waals surface area (Å²) in [5.74, 6) is 0.181. The van der Waals surface area contributed by atoms with Gasteiger partial charge in [0.1, 0.15) is 0 Å². The summed E-state index contributed by atoms with van der Waals surface area (Å²) in [6.07, 6.45) is 2.16. The molecular formula is C16H17NOS. The number of aryl methyl sites for hydroxylation is 1. The van der Waals surface area contributed by atoms with E-state index in [1.807, 2.05) is 22.4 Å². The molecule has 0 saturated carbocycles. The van der Waals surface area contributed by atoms with Crippen LogP contribution in [-0.2, 0) is 0 Å². The number of thiophene rings is 1. The van der Waals surface area contributed by atoms with Crippen molar-refractivity contribution in [2.24, 2.45) is 0 Å². The molecule has 0 spiro atoms. The number of rotatable bonds is 2. The summed E-state index contributed by atoms with van der Waals surface area (Å²) in [5, 5.41) is 1.96. The van der Waals surface area contributed by atoms with Gasteiger partial charge in [-0.1, -0.05) is 30.3 Å². The summed E-state index contributed by atoms with van der Waals surface area (Å²) in [6.45, 7) is 3.00. The van der Waals surface area contributed by atoms with E-state index in [0.717, 1.165) is 24.3 Å². The zero-order valence-electron chi connectivity index (χ0n) is 11.0. The average Bonchev–Trinajstić information content (AvgIpc) is 3.10. The predicted octanol–water partition coefficient (Wildman–Crippen LogP) is 4.03. The first-order valence-electron chi connectivity index (χ1n) is 6.67. The number of likely N-dealkylation sites (tertiary alicyclic amines) is 1. The summed E-state index contributed by atoms with van der Waals surface area (Å²) in [7, 11) is 0. The highest BCUT2D eigenvalue weighted by Gasteiger charge is 2.31. The van der Waals surface area contributed by atoms with Crippen LogP contribution in [0.1, 0.15) is 39.7 Å². The molecule has 2 nitrogen and oxygen atoms in total. The number of hydrogen-bond acceptors (Lipinski definition) is 2. The second-order valence-corrected chi connectivity index (χ2v) is 5.94. The summed E-state index contributed by atoms with van der Waals surface area (Å²) < 4.78 is 0. The Morgan fingerprint density at radius 3 is 2.84 bits per heavy atom. The molecule has 3 rings (SSSR count). The molecule has 1 aliphatic heterocycles. The zero-order chi connectivity index (χ0) is 13.2. The van der Waals surface area contributed by atoms with E-state index in [4.69, 9.17) is 0 Å². The van der Waals surface area contributed by atoms with Gasteiger partial charge in [0.05, 0.1) is 10.9 Å². The molecule has 2 heterocycles. The largest absolute Gasteiger partial charge is 0.331 e. The summed E-state index contributed by atoms with van der Waals surface area (Å²) in [5.41, 5.74) is 2.57. The van der Waals surface area contributed by atoms with Gasteiger partial charge >= 0.3 is 0 Å². The molecule has 2 aromatic rings. The number of carbonyl (C=O) groups is 1. The van der Waals surface area contributed by atoms with E-state index in [2.05, 4.69) is 31.2 Å². The quantitative estimate of drug-likeness (QED) is 0.807. The van der Waals surface area contributed by atoms with Crippen LogP contribution in [0.4, 0.5) is 0 Å². The van der Waals surface area contributed by atoms with Crippen molar-refractivity contribution < 1.29 is 4.79 Å². The standard InChI is InChI=1S/C16H17NOS/c1-12-6-2-3-7-13(12)14-8-4-10-17(14)16(18)15-9-5-11-19-15/h2-3,5-7,9,11,14H,4,8,10H2,1H3/t14-/m1/s1. The molecule has 19 heavy (non-hydrogen) atoms. The SMILES string of the molecule is Cc1ccccc1[C@H]1CCCN1C(=O)c1cccs1. The molecule has 1 atom stereocenters. The van der Waals surface area contributed by atoms with Gasteiger partial charge in [-0.3, -0.25) is 4.79 Å². The van der Waals surface area contributed by atoms with Gasteiger partial charge in [0.2, 0.25) is 0 Å². The number of nitrogens with zero attached hydrogens (tertiary/aromatic N) is 1. The molecule has 1 saturated heterocycles. The number of benzene rings is 1. The molecular weight excluding hydrogens is 254 g/mol. The van der Waals surface area contributed by atoms with E-state index in [0.29, 0.717) is 0 Å². The van der Waals surface area contributed by atoms with E-state index in [9.17, 15) is 4.79 Å². The van der Waals surface area contributed by atoms with Gasteiger partial charge in [0.15, 0.2) is 0 Å². The minimum absolute atomic E-state index is 0.181. The van der Waals surface area contributed by atoms with Gasteiger partial charge in [-0.15, -0.1) is 11.3 Å². The lowest BCUT2D eigenvalue weighted by Crippen LogP contribution is -2.30. The van der Waals surface area contributed by atoms with Crippen molar-refractivity contribution in [3.05, 3.63) is 57.8 Å². The fourth-order valence-corrected chi connectivity index (χ4v) is 3.51. The van der Waals surface area contributed by atoms with Gasteiger partial charge in [0, 0.05) is 6.54 Å². The third kappa shape index (κ3) is 2.30. The van der Waals surface area contributed by atoms with Crippen LogP contribution in [0.15, 0.2) is 41.8 Å². The Morgan fingerprint density at radius 1 is 1.26 bits per heavy atom. The Balaban J connectivity index is 1.90. The third-order valence-electron chi connectivity index (χ3n) is 3.79. The van der Waals surface area contributed by atoms with Crippen LogP contribution in [-0.4, -0.2) is 17.4 Å². The first-order chi connectivity index (χ1) is 9.27. The second-order valence-electron chi connectivity index (χ2n) is 4.99. The van der Waals surface area contributed by atoms with Gasteiger partial charge in [-0.05, 0) is 42.3 Å². The van der Waals surface area contributed by atoms with Crippen molar-refractivity contribution in [3.8, 4) is 0 Å². The molecule has 1 amide bonds. The Labute approximate surface area is 117 Å². The number of hydrogen-bond donors (Lipinski definition) is 0. The lowest BCUT2D eigenvalue weighted by atomic mass is 9.99. The van der Waals surface area contributed by atoms with Crippen molar-refractivity contribution >= 4 is 17.2 Å². The van der Waals surface area contributed by atoms with E-state index >= 15 is 0 Å². The summed E-state index contributed by atoms with van der Waals surface area (Å²) in [6, 6.07) is 12.5. The van der Waals surface area contributed by atoms with E-state index in [1.54, 1.807) is 0 Å².